The van der Waals surface area contributed by atoms with Gasteiger partial charge in [0.25, 0.3) is 5.91 Å². The molecule has 0 N–H and O–H groups in total. The van der Waals surface area contributed by atoms with Gasteiger partial charge in [0.1, 0.15) is 11.9 Å². The van der Waals surface area contributed by atoms with Gasteiger partial charge in [0.2, 0.25) is 0 Å². The van der Waals surface area contributed by atoms with Gasteiger partial charge in [-0.2, -0.15) is 0 Å². The van der Waals surface area contributed by atoms with Crippen molar-refractivity contribution >= 4 is 17.6 Å². The van der Waals surface area contributed by atoms with Gasteiger partial charge in [-0.3, -0.25) is 14.6 Å². The molecule has 2 aromatic rings. The summed E-state index contributed by atoms with van der Waals surface area (Å²) in [4.78, 5) is 30.0. The van der Waals surface area contributed by atoms with Crippen molar-refractivity contribution in [2.75, 3.05) is 18.6 Å². The molecule has 5 nitrogen and oxygen atoms in total. The van der Waals surface area contributed by atoms with Gasteiger partial charge in [-0.05, 0) is 50.7 Å². The van der Waals surface area contributed by atoms with Crippen LogP contribution in [0.1, 0.15) is 18.1 Å². The van der Waals surface area contributed by atoms with Gasteiger partial charge in [-0.1, -0.05) is 29.8 Å². The molecule has 1 saturated heterocycles. The van der Waals surface area contributed by atoms with Crippen molar-refractivity contribution in [2.24, 2.45) is 0 Å². The van der Waals surface area contributed by atoms with Gasteiger partial charge in [0, 0.05) is 12.2 Å². The lowest BCUT2D eigenvalue weighted by atomic mass is 10.2. The summed E-state index contributed by atoms with van der Waals surface area (Å²) in [5.74, 6) is -0.509. The molecule has 1 heterocycles. The minimum atomic E-state index is -0.538. The fourth-order valence-electron chi connectivity index (χ4n) is 3.09. The smallest absolute Gasteiger partial charge is 0.284 e. The Balaban J connectivity index is 1.71. The van der Waals surface area contributed by atoms with Gasteiger partial charge in [-0.15, -0.1) is 0 Å². The Kier molecular flexibility index (Phi) is 5.04. The van der Waals surface area contributed by atoms with Gasteiger partial charge in [0.15, 0.2) is 0 Å². The first kappa shape index (κ1) is 18.1. The summed E-state index contributed by atoms with van der Waals surface area (Å²) in [5, 5.41) is 0. The van der Waals surface area contributed by atoms with Crippen LogP contribution in [-0.2, 0) is 11.3 Å². The molecule has 1 fully saturated rings. The predicted molar refractivity (Wildman–Crippen MR) is 98.1 cm³/mol. The zero-order valence-electron chi connectivity index (χ0n) is 15.1. The Hall–Kier alpha value is -2.73. The topological polar surface area (TPSA) is 43.9 Å². The molecule has 26 heavy (non-hydrogen) atoms. The van der Waals surface area contributed by atoms with Gasteiger partial charge in [-0.25, -0.2) is 14.1 Å². The van der Waals surface area contributed by atoms with E-state index in [1.54, 1.807) is 19.1 Å². The normalized spacial score (nSPS) is 17.5. The Morgan fingerprint density at radius 3 is 2.27 bits per heavy atom. The van der Waals surface area contributed by atoms with E-state index >= 15 is 0 Å². The summed E-state index contributed by atoms with van der Waals surface area (Å²) in [6, 6.07) is 12.9. The molecule has 1 atom stereocenters. The molecule has 1 aliphatic heterocycles. The number of urea groups is 1. The van der Waals surface area contributed by atoms with Crippen LogP contribution in [0, 0.1) is 12.7 Å². The first-order valence-corrected chi connectivity index (χ1v) is 8.51. The maximum Gasteiger partial charge on any atom is 0.333 e. The second kappa shape index (κ2) is 7.25. The maximum atomic E-state index is 13.0. The number of anilines is 1. The molecular formula is C20H22FN3O2. The molecular weight excluding hydrogens is 333 g/mol. The van der Waals surface area contributed by atoms with Crippen LogP contribution in [0.15, 0.2) is 48.5 Å². The van der Waals surface area contributed by atoms with Gasteiger partial charge >= 0.3 is 6.03 Å². The lowest BCUT2D eigenvalue weighted by Crippen LogP contribution is -2.40. The molecule has 0 saturated carbocycles. The predicted octanol–water partition coefficient (Wildman–Crippen LogP) is 3.38. The third-order valence-corrected chi connectivity index (χ3v) is 4.51. The molecule has 0 radical (unpaired) electrons. The highest BCUT2D eigenvalue weighted by molar-refractivity contribution is 6.14. The number of rotatable bonds is 5. The van der Waals surface area contributed by atoms with Crippen molar-refractivity contribution in [1.29, 1.82) is 0 Å². The zero-order chi connectivity index (χ0) is 18.8. The molecule has 2 aromatic carbocycles. The summed E-state index contributed by atoms with van der Waals surface area (Å²) in [6.45, 7) is 4.40. The number of hydrogen-bond acceptors (Lipinski definition) is 3. The third-order valence-electron chi connectivity index (χ3n) is 4.51. The number of carbonyl (C=O) groups excluding carboxylic acids is 2. The highest BCUT2D eigenvalue weighted by Crippen LogP contribution is 2.26. The minimum Gasteiger partial charge on any atom is -0.284 e. The average Bonchev–Trinajstić information content (AvgIpc) is 2.82. The molecule has 1 aliphatic rings. The molecule has 136 valence electrons. The minimum absolute atomic E-state index is 0.182. The lowest BCUT2D eigenvalue weighted by molar-refractivity contribution is -0.128. The summed E-state index contributed by atoms with van der Waals surface area (Å²) >= 11 is 0. The SMILES string of the molecule is Cc1ccc(N2C(=O)N(CN(C)Cc3ccc(F)cc3)C(=O)[C@@H]2C)cc1. The van der Waals surface area contributed by atoms with Gasteiger partial charge < -0.3 is 0 Å². The highest BCUT2D eigenvalue weighted by Gasteiger charge is 2.43. The van der Waals surface area contributed by atoms with E-state index in [2.05, 4.69) is 0 Å². The van der Waals surface area contributed by atoms with Crippen LogP contribution < -0.4 is 4.90 Å². The Bertz CT molecular complexity index is 805. The number of amides is 3. The molecule has 3 amide bonds. The van der Waals surface area contributed by atoms with Crippen LogP contribution in [-0.4, -0.2) is 41.5 Å². The van der Waals surface area contributed by atoms with E-state index in [4.69, 9.17) is 0 Å². The molecule has 0 aliphatic carbocycles. The van der Waals surface area contributed by atoms with Crippen LogP contribution in [0.5, 0.6) is 0 Å². The monoisotopic (exact) mass is 355 g/mol. The van der Waals surface area contributed by atoms with E-state index < -0.39 is 6.04 Å². The number of hydrogen-bond donors (Lipinski definition) is 0. The van der Waals surface area contributed by atoms with E-state index in [0.29, 0.717) is 12.2 Å². The van der Waals surface area contributed by atoms with Crippen LogP contribution in [0.3, 0.4) is 0 Å². The van der Waals surface area contributed by atoms with Crippen molar-refractivity contribution in [3.63, 3.8) is 0 Å². The summed E-state index contributed by atoms with van der Waals surface area (Å²) < 4.78 is 13.0. The lowest BCUT2D eigenvalue weighted by Gasteiger charge is -2.23. The number of imide groups is 1. The Morgan fingerprint density at radius 1 is 1.04 bits per heavy atom. The molecule has 6 heteroatoms. The molecule has 0 unspecified atom stereocenters. The molecule has 0 bridgehead atoms. The van der Waals surface area contributed by atoms with Gasteiger partial charge in [0.05, 0.1) is 6.67 Å². The van der Waals surface area contributed by atoms with Crippen LogP contribution in [0.25, 0.3) is 0 Å². The van der Waals surface area contributed by atoms with E-state index in [-0.39, 0.29) is 24.4 Å². The van der Waals surface area contributed by atoms with E-state index in [0.717, 1.165) is 11.1 Å². The Morgan fingerprint density at radius 2 is 1.65 bits per heavy atom. The quantitative estimate of drug-likeness (QED) is 0.773. The highest BCUT2D eigenvalue weighted by atomic mass is 19.1. The third kappa shape index (κ3) is 3.60. The van der Waals surface area contributed by atoms with Crippen molar-refractivity contribution in [3.05, 3.63) is 65.5 Å². The number of nitrogens with zero attached hydrogens (tertiary/aromatic N) is 3. The molecule has 3 rings (SSSR count). The van der Waals surface area contributed by atoms with Crippen LogP contribution in [0.2, 0.25) is 0 Å². The van der Waals surface area contributed by atoms with Crippen molar-refractivity contribution in [3.8, 4) is 0 Å². The standard InChI is InChI=1S/C20H22FN3O2/c1-14-4-10-18(11-5-14)24-15(2)19(25)23(20(24)26)13-22(3)12-16-6-8-17(21)9-7-16/h4-11,15H,12-13H2,1-3H3/t15-/m0/s1. The average molecular weight is 355 g/mol. The second-order valence-electron chi connectivity index (χ2n) is 6.71. The number of halogens is 1. The number of carbonyl (C=O) groups is 2. The van der Waals surface area contributed by atoms with Crippen LogP contribution in [0.4, 0.5) is 14.9 Å². The van der Waals surface area contributed by atoms with E-state index in [1.807, 2.05) is 43.1 Å². The fraction of sp³-hybridized carbons (Fsp3) is 0.300. The molecule has 0 spiro atoms. The number of aryl methyl sites for hydroxylation is 1. The summed E-state index contributed by atoms with van der Waals surface area (Å²) in [6.07, 6.45) is 0. The largest absolute Gasteiger partial charge is 0.333 e. The molecule has 0 aromatic heterocycles. The van der Waals surface area contributed by atoms with Crippen molar-refractivity contribution in [1.82, 2.24) is 9.80 Å². The van der Waals surface area contributed by atoms with Crippen molar-refractivity contribution in [2.45, 2.75) is 26.4 Å². The van der Waals surface area contributed by atoms with E-state index in [1.165, 1.54) is 21.9 Å². The van der Waals surface area contributed by atoms with Crippen LogP contribution >= 0.6 is 0 Å². The zero-order valence-corrected chi connectivity index (χ0v) is 15.1. The van der Waals surface area contributed by atoms with Crippen molar-refractivity contribution < 1.29 is 14.0 Å². The fourth-order valence-corrected chi connectivity index (χ4v) is 3.09. The summed E-state index contributed by atoms with van der Waals surface area (Å²) in [5.41, 5.74) is 2.72. The first-order chi connectivity index (χ1) is 12.4. The summed E-state index contributed by atoms with van der Waals surface area (Å²) in [7, 11) is 1.82. The van der Waals surface area contributed by atoms with E-state index in [9.17, 15) is 14.0 Å². The Labute approximate surface area is 152 Å². The number of benzene rings is 2. The first-order valence-electron chi connectivity index (χ1n) is 8.51. The second-order valence-corrected chi connectivity index (χ2v) is 6.71. The maximum absolute atomic E-state index is 13.0.